The van der Waals surface area contributed by atoms with Crippen LogP contribution >= 0.6 is 0 Å². The van der Waals surface area contributed by atoms with Crippen LogP contribution < -0.4 is 0 Å². The lowest BCUT2D eigenvalue weighted by molar-refractivity contribution is 0.282. The fraction of sp³-hybridized carbons (Fsp3) is 0.0526. The van der Waals surface area contributed by atoms with E-state index in [0.717, 1.165) is 11.1 Å². The summed E-state index contributed by atoms with van der Waals surface area (Å²) in [5.41, 5.74) is 3.22. The molecule has 104 valence electrons. The zero-order valence-electron chi connectivity index (χ0n) is 11.5. The maximum Gasteiger partial charge on any atom is 0.139 e. The van der Waals surface area contributed by atoms with Crippen LogP contribution in [0, 0.1) is 5.82 Å². The summed E-state index contributed by atoms with van der Waals surface area (Å²) in [4.78, 5) is 0. The highest BCUT2D eigenvalue weighted by atomic mass is 19.1. The number of benzene rings is 3. The van der Waals surface area contributed by atoms with E-state index in [0.29, 0.717) is 16.7 Å². The monoisotopic (exact) mass is 278 g/mol. The van der Waals surface area contributed by atoms with Crippen molar-refractivity contribution in [3.63, 3.8) is 0 Å². The molecular formula is C19H15FO. The molecule has 3 aromatic rings. The van der Waals surface area contributed by atoms with Gasteiger partial charge < -0.3 is 5.11 Å². The summed E-state index contributed by atoms with van der Waals surface area (Å²) in [6.07, 6.45) is 0. The first kappa shape index (κ1) is 13.5. The molecule has 0 aromatic heterocycles. The van der Waals surface area contributed by atoms with Crippen LogP contribution in [0.5, 0.6) is 0 Å². The molecule has 1 nitrogen and oxygen atoms in total. The molecule has 0 saturated heterocycles. The first-order valence-corrected chi connectivity index (χ1v) is 6.84. The predicted molar refractivity (Wildman–Crippen MR) is 83.2 cm³/mol. The number of hydrogen-bond acceptors (Lipinski definition) is 1. The molecule has 1 N–H and O–H groups in total. The van der Waals surface area contributed by atoms with Crippen molar-refractivity contribution >= 4 is 0 Å². The van der Waals surface area contributed by atoms with Crippen molar-refractivity contribution in [2.75, 3.05) is 0 Å². The van der Waals surface area contributed by atoms with E-state index < -0.39 is 0 Å². The van der Waals surface area contributed by atoms with Crippen LogP contribution in [0.15, 0.2) is 72.8 Å². The number of hydrogen-bond donors (Lipinski definition) is 1. The maximum absolute atomic E-state index is 15.0. The molecule has 0 amide bonds. The molecule has 0 unspecified atom stereocenters. The third kappa shape index (κ3) is 2.58. The van der Waals surface area contributed by atoms with Crippen molar-refractivity contribution in [3.8, 4) is 22.3 Å². The molecule has 3 rings (SSSR count). The van der Waals surface area contributed by atoms with Crippen LogP contribution in [-0.4, -0.2) is 5.11 Å². The van der Waals surface area contributed by atoms with Gasteiger partial charge in [0.15, 0.2) is 0 Å². The number of aliphatic hydroxyl groups is 1. The molecule has 3 aromatic carbocycles. The van der Waals surface area contributed by atoms with Gasteiger partial charge in [0.2, 0.25) is 0 Å². The minimum absolute atomic E-state index is 0.184. The van der Waals surface area contributed by atoms with Gasteiger partial charge in [-0.25, -0.2) is 4.39 Å². The Labute approximate surface area is 123 Å². The number of halogens is 1. The lowest BCUT2D eigenvalue weighted by Gasteiger charge is -2.13. The van der Waals surface area contributed by atoms with Crippen molar-refractivity contribution in [2.45, 2.75) is 6.61 Å². The van der Waals surface area contributed by atoms with Crippen molar-refractivity contribution in [1.82, 2.24) is 0 Å². The molecule has 0 heterocycles. The van der Waals surface area contributed by atoms with Crippen molar-refractivity contribution < 1.29 is 9.50 Å². The van der Waals surface area contributed by atoms with E-state index in [1.807, 2.05) is 60.7 Å². The van der Waals surface area contributed by atoms with Crippen LogP contribution in [0.1, 0.15) is 5.56 Å². The van der Waals surface area contributed by atoms with E-state index in [1.54, 1.807) is 12.1 Å². The van der Waals surface area contributed by atoms with Gasteiger partial charge in [-0.3, -0.25) is 0 Å². The van der Waals surface area contributed by atoms with Gasteiger partial charge in [-0.15, -0.1) is 0 Å². The van der Waals surface area contributed by atoms with Crippen LogP contribution in [-0.2, 0) is 6.61 Å². The molecule has 0 atom stereocenters. The molecule has 0 fully saturated rings. The van der Waals surface area contributed by atoms with Crippen LogP contribution in [0.2, 0.25) is 0 Å². The largest absolute Gasteiger partial charge is 0.392 e. The van der Waals surface area contributed by atoms with Gasteiger partial charge in [0.05, 0.1) is 6.61 Å². The van der Waals surface area contributed by atoms with Crippen molar-refractivity contribution in [2.24, 2.45) is 0 Å². The highest BCUT2D eigenvalue weighted by Crippen LogP contribution is 2.33. The maximum atomic E-state index is 15.0. The lowest BCUT2D eigenvalue weighted by atomic mass is 9.94. The molecule has 21 heavy (non-hydrogen) atoms. The lowest BCUT2D eigenvalue weighted by Crippen LogP contribution is -1.96. The van der Waals surface area contributed by atoms with E-state index in [1.165, 1.54) is 0 Å². The average molecular weight is 278 g/mol. The average Bonchev–Trinajstić information content (AvgIpc) is 2.56. The van der Waals surface area contributed by atoms with Crippen LogP contribution in [0.3, 0.4) is 0 Å². The Hall–Kier alpha value is -2.45. The van der Waals surface area contributed by atoms with Gasteiger partial charge in [-0.2, -0.15) is 0 Å². The van der Waals surface area contributed by atoms with Crippen molar-refractivity contribution in [1.29, 1.82) is 0 Å². The van der Waals surface area contributed by atoms with E-state index in [2.05, 4.69) is 0 Å². The minimum atomic E-state index is -0.293. The van der Waals surface area contributed by atoms with E-state index >= 15 is 0 Å². The Balaban J connectivity index is 2.23. The molecule has 0 spiro atoms. The molecule has 0 bridgehead atoms. The predicted octanol–water partition coefficient (Wildman–Crippen LogP) is 4.65. The molecule has 2 heteroatoms. The van der Waals surface area contributed by atoms with E-state index in [-0.39, 0.29) is 12.4 Å². The molecule has 0 aliphatic rings. The van der Waals surface area contributed by atoms with Crippen LogP contribution in [0.25, 0.3) is 22.3 Å². The summed E-state index contributed by atoms with van der Waals surface area (Å²) >= 11 is 0. The summed E-state index contributed by atoms with van der Waals surface area (Å²) in [5, 5.41) is 9.50. The Morgan fingerprint density at radius 1 is 0.714 bits per heavy atom. The smallest absolute Gasteiger partial charge is 0.139 e. The van der Waals surface area contributed by atoms with Gasteiger partial charge in [0, 0.05) is 11.1 Å². The van der Waals surface area contributed by atoms with Gasteiger partial charge in [-0.1, -0.05) is 72.8 Å². The first-order chi connectivity index (χ1) is 10.3. The molecule has 0 aliphatic carbocycles. The second-order valence-electron chi connectivity index (χ2n) is 4.85. The Bertz CT molecular complexity index is 736. The normalized spacial score (nSPS) is 10.6. The molecule has 0 radical (unpaired) electrons. The van der Waals surface area contributed by atoms with Crippen LogP contribution in [0.4, 0.5) is 4.39 Å². The summed E-state index contributed by atoms with van der Waals surface area (Å²) in [6, 6.07) is 22.3. The Morgan fingerprint density at radius 3 is 1.86 bits per heavy atom. The zero-order chi connectivity index (χ0) is 14.7. The standard InChI is InChI=1S/C19H15FO/c20-19-17(14-7-3-1-4-8-14)12-11-16(13-21)18(19)15-9-5-2-6-10-15/h1-12,21H,13H2. The summed E-state index contributed by atoms with van der Waals surface area (Å²) in [6.45, 7) is -0.184. The summed E-state index contributed by atoms with van der Waals surface area (Å²) < 4.78 is 15.0. The van der Waals surface area contributed by atoms with Gasteiger partial charge in [-0.05, 0) is 16.7 Å². The quantitative estimate of drug-likeness (QED) is 0.739. The van der Waals surface area contributed by atoms with Crippen molar-refractivity contribution in [3.05, 3.63) is 84.2 Å². The van der Waals surface area contributed by atoms with Gasteiger partial charge in [0.25, 0.3) is 0 Å². The summed E-state index contributed by atoms with van der Waals surface area (Å²) in [5.74, 6) is -0.293. The van der Waals surface area contributed by atoms with E-state index in [9.17, 15) is 9.50 Å². The van der Waals surface area contributed by atoms with Gasteiger partial charge in [0.1, 0.15) is 5.82 Å². The fourth-order valence-electron chi connectivity index (χ4n) is 2.51. The topological polar surface area (TPSA) is 20.2 Å². The highest BCUT2D eigenvalue weighted by Gasteiger charge is 2.15. The minimum Gasteiger partial charge on any atom is -0.392 e. The fourth-order valence-corrected chi connectivity index (χ4v) is 2.51. The zero-order valence-corrected chi connectivity index (χ0v) is 11.5. The SMILES string of the molecule is OCc1ccc(-c2ccccc2)c(F)c1-c1ccccc1. The first-order valence-electron chi connectivity index (χ1n) is 6.84. The second kappa shape index (κ2) is 5.90. The van der Waals surface area contributed by atoms with E-state index in [4.69, 9.17) is 0 Å². The summed E-state index contributed by atoms with van der Waals surface area (Å²) in [7, 11) is 0. The Morgan fingerprint density at radius 2 is 1.29 bits per heavy atom. The highest BCUT2D eigenvalue weighted by molar-refractivity contribution is 5.76. The third-order valence-corrected chi connectivity index (χ3v) is 3.55. The molecule has 0 aliphatic heterocycles. The number of rotatable bonds is 3. The Kier molecular flexibility index (Phi) is 3.80. The second-order valence-corrected chi connectivity index (χ2v) is 4.85. The number of aliphatic hydroxyl groups excluding tert-OH is 1. The van der Waals surface area contributed by atoms with Gasteiger partial charge >= 0.3 is 0 Å². The molecular weight excluding hydrogens is 263 g/mol. The molecule has 0 saturated carbocycles. The third-order valence-electron chi connectivity index (χ3n) is 3.55.